The summed E-state index contributed by atoms with van der Waals surface area (Å²) in [6.45, 7) is 0. The number of rotatable bonds is 2. The van der Waals surface area contributed by atoms with Crippen molar-refractivity contribution in [1.29, 1.82) is 0 Å². The molecule has 0 aliphatic carbocycles. The Morgan fingerprint density at radius 3 is 2.00 bits per heavy atom. The Labute approximate surface area is 101 Å². The molecule has 5 heteroatoms. The zero-order chi connectivity index (χ0) is 13.3. The van der Waals surface area contributed by atoms with Crippen LogP contribution >= 0.6 is 0 Å². The molecule has 0 aliphatic heterocycles. The van der Waals surface area contributed by atoms with Crippen LogP contribution in [0.1, 0.15) is 15.9 Å². The summed E-state index contributed by atoms with van der Waals surface area (Å²) in [5, 5.41) is 0. The SMILES string of the molecule is Nc1ccc(C(=O)c2ccc(F)cc2F)c(F)c1. The zero-order valence-corrected chi connectivity index (χ0v) is 9.08. The molecule has 0 atom stereocenters. The fourth-order valence-corrected chi connectivity index (χ4v) is 1.53. The Kier molecular flexibility index (Phi) is 3.06. The van der Waals surface area contributed by atoms with Gasteiger partial charge in [0.2, 0.25) is 0 Å². The summed E-state index contributed by atoms with van der Waals surface area (Å²) in [6.07, 6.45) is 0. The molecule has 2 nitrogen and oxygen atoms in total. The van der Waals surface area contributed by atoms with Gasteiger partial charge in [0.15, 0.2) is 5.78 Å². The first-order valence-corrected chi connectivity index (χ1v) is 5.04. The summed E-state index contributed by atoms with van der Waals surface area (Å²) < 4.78 is 39.6. The number of nitrogens with two attached hydrogens (primary N) is 1. The number of ketones is 1. The second kappa shape index (κ2) is 4.52. The number of hydrogen-bond acceptors (Lipinski definition) is 2. The third kappa shape index (κ3) is 2.20. The van der Waals surface area contributed by atoms with Gasteiger partial charge in [-0.1, -0.05) is 0 Å². The largest absolute Gasteiger partial charge is 0.399 e. The topological polar surface area (TPSA) is 43.1 Å². The standard InChI is InChI=1S/C13H8F3NO/c14-7-1-3-9(11(15)5-7)13(18)10-4-2-8(17)6-12(10)16/h1-6H,17H2. The van der Waals surface area contributed by atoms with Gasteiger partial charge in [-0.3, -0.25) is 4.79 Å². The number of carbonyl (C=O) groups is 1. The van der Waals surface area contributed by atoms with E-state index in [2.05, 4.69) is 0 Å². The highest BCUT2D eigenvalue weighted by Crippen LogP contribution is 2.18. The molecule has 0 heterocycles. The van der Waals surface area contributed by atoms with Crippen LogP contribution in [0.5, 0.6) is 0 Å². The van der Waals surface area contributed by atoms with E-state index >= 15 is 0 Å². The second-order valence-corrected chi connectivity index (χ2v) is 3.69. The fraction of sp³-hybridized carbons (Fsp3) is 0. The minimum absolute atomic E-state index is 0.156. The van der Waals surface area contributed by atoms with Gasteiger partial charge >= 0.3 is 0 Å². The molecular formula is C13H8F3NO. The van der Waals surface area contributed by atoms with Crippen molar-refractivity contribution in [1.82, 2.24) is 0 Å². The van der Waals surface area contributed by atoms with Crippen LogP contribution in [0, 0.1) is 17.5 Å². The van der Waals surface area contributed by atoms with Crippen molar-refractivity contribution in [3.63, 3.8) is 0 Å². The third-order valence-electron chi connectivity index (χ3n) is 2.41. The van der Waals surface area contributed by atoms with Gasteiger partial charge in [-0.05, 0) is 30.3 Å². The number of hydrogen-bond donors (Lipinski definition) is 1. The maximum atomic E-state index is 13.5. The molecule has 0 saturated heterocycles. The van der Waals surface area contributed by atoms with Gasteiger partial charge in [0.25, 0.3) is 0 Å². The summed E-state index contributed by atoms with van der Waals surface area (Å²) >= 11 is 0. The molecule has 0 bridgehead atoms. The Hall–Kier alpha value is -2.30. The van der Waals surface area contributed by atoms with Crippen LogP contribution in [0.2, 0.25) is 0 Å². The lowest BCUT2D eigenvalue weighted by Gasteiger charge is -2.05. The smallest absolute Gasteiger partial charge is 0.198 e. The molecule has 0 aliphatic rings. The van der Waals surface area contributed by atoms with Crippen molar-refractivity contribution in [3.05, 3.63) is 65.0 Å². The highest BCUT2D eigenvalue weighted by Gasteiger charge is 2.18. The number of carbonyl (C=O) groups excluding carboxylic acids is 1. The molecule has 2 N–H and O–H groups in total. The molecule has 0 unspecified atom stereocenters. The summed E-state index contributed by atoms with van der Waals surface area (Å²) in [4.78, 5) is 11.9. The normalized spacial score (nSPS) is 10.4. The molecule has 2 aromatic rings. The van der Waals surface area contributed by atoms with Crippen LogP contribution in [0.3, 0.4) is 0 Å². The van der Waals surface area contributed by atoms with Crippen LogP contribution in [0.15, 0.2) is 36.4 Å². The van der Waals surface area contributed by atoms with Gasteiger partial charge < -0.3 is 5.73 Å². The van der Waals surface area contributed by atoms with Crippen LogP contribution in [0.4, 0.5) is 18.9 Å². The Balaban J connectivity index is 2.48. The Morgan fingerprint density at radius 1 is 0.889 bits per heavy atom. The quantitative estimate of drug-likeness (QED) is 0.658. The molecule has 2 rings (SSSR count). The number of nitrogen functional groups attached to an aromatic ring is 1. The number of benzene rings is 2. The first-order valence-electron chi connectivity index (χ1n) is 5.04. The molecule has 18 heavy (non-hydrogen) atoms. The summed E-state index contributed by atoms with van der Waals surface area (Å²) in [5.41, 5.74) is 4.80. The molecule has 0 spiro atoms. The highest BCUT2D eigenvalue weighted by molar-refractivity contribution is 6.09. The maximum absolute atomic E-state index is 13.5. The second-order valence-electron chi connectivity index (χ2n) is 3.69. The van der Waals surface area contributed by atoms with E-state index < -0.39 is 23.2 Å². The Bertz CT molecular complexity index is 572. The predicted octanol–water partition coefficient (Wildman–Crippen LogP) is 2.92. The van der Waals surface area contributed by atoms with E-state index in [0.717, 1.165) is 24.3 Å². The monoisotopic (exact) mass is 251 g/mol. The lowest BCUT2D eigenvalue weighted by Crippen LogP contribution is -2.07. The minimum Gasteiger partial charge on any atom is -0.399 e. The van der Waals surface area contributed by atoms with Crippen molar-refractivity contribution in [3.8, 4) is 0 Å². The number of anilines is 1. The van der Waals surface area contributed by atoms with Crippen LogP contribution in [0.25, 0.3) is 0 Å². The van der Waals surface area contributed by atoms with Crippen molar-refractivity contribution in [2.75, 3.05) is 5.73 Å². The van der Waals surface area contributed by atoms with Crippen molar-refractivity contribution < 1.29 is 18.0 Å². The predicted molar refractivity (Wildman–Crippen MR) is 60.6 cm³/mol. The molecule has 0 fully saturated rings. The van der Waals surface area contributed by atoms with Gasteiger partial charge in [-0.25, -0.2) is 13.2 Å². The van der Waals surface area contributed by atoms with Gasteiger partial charge in [0.1, 0.15) is 17.5 Å². The molecule has 0 radical (unpaired) electrons. The van der Waals surface area contributed by atoms with Gasteiger partial charge in [-0.2, -0.15) is 0 Å². The molecular weight excluding hydrogens is 243 g/mol. The fourth-order valence-electron chi connectivity index (χ4n) is 1.53. The summed E-state index contributed by atoms with van der Waals surface area (Å²) in [7, 11) is 0. The minimum atomic E-state index is -1.03. The number of halogens is 3. The van der Waals surface area contributed by atoms with E-state index in [1.165, 1.54) is 6.07 Å². The van der Waals surface area contributed by atoms with Gasteiger partial charge in [-0.15, -0.1) is 0 Å². The molecule has 0 saturated carbocycles. The van der Waals surface area contributed by atoms with Crippen LogP contribution in [-0.4, -0.2) is 5.78 Å². The van der Waals surface area contributed by atoms with Crippen LogP contribution < -0.4 is 5.73 Å². The average Bonchev–Trinajstić information content (AvgIpc) is 2.28. The Morgan fingerprint density at radius 2 is 1.44 bits per heavy atom. The summed E-state index contributed by atoms with van der Waals surface area (Å²) in [6, 6.07) is 5.94. The molecule has 0 aromatic heterocycles. The zero-order valence-electron chi connectivity index (χ0n) is 9.08. The molecule has 92 valence electrons. The van der Waals surface area contributed by atoms with Gasteiger partial charge in [0, 0.05) is 11.8 Å². The molecule has 2 aromatic carbocycles. The highest BCUT2D eigenvalue weighted by atomic mass is 19.1. The van der Waals surface area contributed by atoms with E-state index in [9.17, 15) is 18.0 Å². The van der Waals surface area contributed by atoms with E-state index in [1.54, 1.807) is 0 Å². The lowest BCUT2D eigenvalue weighted by atomic mass is 10.0. The summed E-state index contributed by atoms with van der Waals surface area (Å²) in [5.74, 6) is -3.54. The third-order valence-corrected chi connectivity index (χ3v) is 2.41. The van der Waals surface area contributed by atoms with Crippen molar-refractivity contribution >= 4 is 11.5 Å². The maximum Gasteiger partial charge on any atom is 0.198 e. The van der Waals surface area contributed by atoms with E-state index in [4.69, 9.17) is 5.73 Å². The average molecular weight is 251 g/mol. The van der Waals surface area contributed by atoms with Crippen LogP contribution in [-0.2, 0) is 0 Å². The van der Waals surface area contributed by atoms with Crippen molar-refractivity contribution in [2.24, 2.45) is 0 Å². The van der Waals surface area contributed by atoms with E-state index in [0.29, 0.717) is 6.07 Å². The van der Waals surface area contributed by atoms with E-state index in [-0.39, 0.29) is 16.8 Å². The van der Waals surface area contributed by atoms with Crippen molar-refractivity contribution in [2.45, 2.75) is 0 Å². The first kappa shape index (κ1) is 12.2. The van der Waals surface area contributed by atoms with E-state index in [1.807, 2.05) is 0 Å². The molecule has 0 amide bonds. The first-order chi connectivity index (χ1) is 8.49. The lowest BCUT2D eigenvalue weighted by molar-refractivity contribution is 0.103. The van der Waals surface area contributed by atoms with Gasteiger partial charge in [0.05, 0.1) is 11.1 Å².